The average molecular weight is 327 g/mol. The second kappa shape index (κ2) is 7.12. The van der Waals surface area contributed by atoms with Crippen LogP contribution < -0.4 is 4.74 Å². The third kappa shape index (κ3) is 4.19. The Hall–Kier alpha value is -2.23. The first kappa shape index (κ1) is 16.6. The lowest BCUT2D eigenvalue weighted by Gasteiger charge is -2.16. The maximum Gasteiger partial charge on any atom is 0.226 e. The molecule has 0 saturated heterocycles. The second-order valence-electron chi connectivity index (χ2n) is 6.79. The SMILES string of the molecule is Cc1cccc(OCCC(=O)N(C)Cc2ccc([C@H]3C[C@H]3C)o2)c1. The number of nitrogens with zero attached hydrogens (tertiary/aromatic N) is 1. The third-order valence-electron chi connectivity index (χ3n) is 4.55. The molecule has 1 saturated carbocycles. The zero-order valence-corrected chi connectivity index (χ0v) is 14.6. The highest BCUT2D eigenvalue weighted by molar-refractivity contribution is 5.75. The minimum absolute atomic E-state index is 0.0559. The summed E-state index contributed by atoms with van der Waals surface area (Å²) in [5.74, 6) is 4.06. The standard InChI is InChI=1S/C20H25NO3/c1-14-5-4-6-16(11-14)23-10-9-20(22)21(3)13-17-7-8-19(24-17)18-12-15(18)2/h4-8,11,15,18H,9-10,12-13H2,1-3H3/t15-,18+/m1/s1. The highest BCUT2D eigenvalue weighted by Crippen LogP contribution is 2.47. The summed E-state index contributed by atoms with van der Waals surface area (Å²) in [5, 5.41) is 0. The van der Waals surface area contributed by atoms with Crippen LogP contribution in [0.1, 0.15) is 42.8 Å². The minimum Gasteiger partial charge on any atom is -0.493 e. The molecule has 24 heavy (non-hydrogen) atoms. The number of carbonyl (C=O) groups excluding carboxylic acids is 1. The summed E-state index contributed by atoms with van der Waals surface area (Å²) in [6, 6.07) is 11.9. The lowest BCUT2D eigenvalue weighted by Crippen LogP contribution is -2.27. The average Bonchev–Trinajstić information content (AvgIpc) is 3.09. The number of ether oxygens (including phenoxy) is 1. The van der Waals surface area contributed by atoms with Gasteiger partial charge in [0.15, 0.2) is 0 Å². The van der Waals surface area contributed by atoms with Crippen molar-refractivity contribution in [3.05, 3.63) is 53.5 Å². The van der Waals surface area contributed by atoms with Crippen molar-refractivity contribution in [2.45, 2.75) is 39.2 Å². The first-order valence-corrected chi connectivity index (χ1v) is 8.55. The van der Waals surface area contributed by atoms with Crippen LogP contribution in [-0.4, -0.2) is 24.5 Å². The molecule has 1 fully saturated rings. The number of benzene rings is 1. The van der Waals surface area contributed by atoms with E-state index in [1.807, 2.05) is 43.3 Å². The van der Waals surface area contributed by atoms with Gasteiger partial charge in [0.05, 0.1) is 19.6 Å². The highest BCUT2D eigenvalue weighted by atomic mass is 16.5. The van der Waals surface area contributed by atoms with Gasteiger partial charge in [-0.2, -0.15) is 0 Å². The molecule has 1 aliphatic rings. The summed E-state index contributed by atoms with van der Waals surface area (Å²) in [7, 11) is 1.80. The molecule has 1 aliphatic carbocycles. The van der Waals surface area contributed by atoms with Gasteiger partial charge in [-0.05, 0) is 49.1 Å². The van der Waals surface area contributed by atoms with Crippen LogP contribution in [0, 0.1) is 12.8 Å². The van der Waals surface area contributed by atoms with Crippen molar-refractivity contribution >= 4 is 5.91 Å². The van der Waals surface area contributed by atoms with Gasteiger partial charge in [-0.3, -0.25) is 4.79 Å². The number of hydrogen-bond acceptors (Lipinski definition) is 3. The van der Waals surface area contributed by atoms with Crippen molar-refractivity contribution < 1.29 is 13.9 Å². The van der Waals surface area contributed by atoms with E-state index in [2.05, 4.69) is 6.92 Å². The van der Waals surface area contributed by atoms with Crippen molar-refractivity contribution in [2.75, 3.05) is 13.7 Å². The van der Waals surface area contributed by atoms with Gasteiger partial charge < -0.3 is 14.1 Å². The summed E-state index contributed by atoms with van der Waals surface area (Å²) < 4.78 is 11.5. The zero-order chi connectivity index (χ0) is 17.1. The number of carbonyl (C=O) groups is 1. The fourth-order valence-corrected chi connectivity index (χ4v) is 2.87. The van der Waals surface area contributed by atoms with Crippen LogP contribution >= 0.6 is 0 Å². The summed E-state index contributed by atoms with van der Waals surface area (Å²) in [6.45, 7) is 5.14. The fraction of sp³-hybridized carbons (Fsp3) is 0.450. The summed E-state index contributed by atoms with van der Waals surface area (Å²) in [5.41, 5.74) is 1.15. The van der Waals surface area contributed by atoms with Gasteiger partial charge in [0, 0.05) is 13.0 Å². The number of amides is 1. The van der Waals surface area contributed by atoms with Crippen LogP contribution in [0.4, 0.5) is 0 Å². The molecule has 2 aromatic rings. The fourth-order valence-electron chi connectivity index (χ4n) is 2.87. The van der Waals surface area contributed by atoms with Gasteiger partial charge in [0.25, 0.3) is 0 Å². The monoisotopic (exact) mass is 327 g/mol. The smallest absolute Gasteiger partial charge is 0.226 e. The van der Waals surface area contributed by atoms with Crippen LogP contribution in [0.2, 0.25) is 0 Å². The molecule has 0 unspecified atom stereocenters. The van der Waals surface area contributed by atoms with Crippen LogP contribution in [0.3, 0.4) is 0 Å². The van der Waals surface area contributed by atoms with E-state index in [1.54, 1.807) is 11.9 Å². The van der Waals surface area contributed by atoms with Gasteiger partial charge in [0.1, 0.15) is 17.3 Å². The molecule has 0 spiro atoms. The number of furan rings is 1. The van der Waals surface area contributed by atoms with Gasteiger partial charge in [0.2, 0.25) is 5.91 Å². The maximum atomic E-state index is 12.2. The molecule has 0 aliphatic heterocycles. The van der Waals surface area contributed by atoms with E-state index in [0.717, 1.165) is 28.8 Å². The molecular weight excluding hydrogens is 302 g/mol. The molecule has 0 bridgehead atoms. The van der Waals surface area contributed by atoms with Crippen molar-refractivity contribution in [1.82, 2.24) is 4.90 Å². The molecule has 0 N–H and O–H groups in total. The topological polar surface area (TPSA) is 42.7 Å². The van der Waals surface area contributed by atoms with Crippen LogP contribution in [0.25, 0.3) is 0 Å². The van der Waals surface area contributed by atoms with E-state index >= 15 is 0 Å². The number of aryl methyl sites for hydroxylation is 1. The van der Waals surface area contributed by atoms with E-state index in [4.69, 9.17) is 9.15 Å². The first-order chi connectivity index (χ1) is 11.5. The quantitative estimate of drug-likeness (QED) is 0.767. The number of rotatable bonds is 7. The van der Waals surface area contributed by atoms with Gasteiger partial charge in [-0.25, -0.2) is 0 Å². The molecular formula is C20H25NO3. The Balaban J connectivity index is 1.43. The predicted octanol–water partition coefficient (Wildman–Crippen LogP) is 4.14. The van der Waals surface area contributed by atoms with E-state index in [1.165, 1.54) is 6.42 Å². The van der Waals surface area contributed by atoms with Crippen LogP contribution in [0.15, 0.2) is 40.8 Å². The van der Waals surface area contributed by atoms with E-state index in [9.17, 15) is 4.79 Å². The van der Waals surface area contributed by atoms with Crippen LogP contribution in [-0.2, 0) is 11.3 Å². The Morgan fingerprint density at radius 3 is 2.83 bits per heavy atom. The molecule has 1 heterocycles. The Morgan fingerprint density at radius 2 is 2.12 bits per heavy atom. The Kier molecular flexibility index (Phi) is 4.93. The van der Waals surface area contributed by atoms with E-state index in [0.29, 0.717) is 25.5 Å². The van der Waals surface area contributed by atoms with Crippen molar-refractivity contribution in [3.8, 4) is 5.75 Å². The molecule has 4 heteroatoms. The molecule has 3 rings (SSSR count). The van der Waals surface area contributed by atoms with Gasteiger partial charge in [-0.15, -0.1) is 0 Å². The Bertz CT molecular complexity index is 706. The largest absolute Gasteiger partial charge is 0.493 e. The van der Waals surface area contributed by atoms with Crippen LogP contribution in [0.5, 0.6) is 5.75 Å². The molecule has 1 aromatic carbocycles. The maximum absolute atomic E-state index is 12.2. The molecule has 2 atom stereocenters. The van der Waals surface area contributed by atoms with E-state index in [-0.39, 0.29) is 5.91 Å². The molecule has 0 radical (unpaired) electrons. The zero-order valence-electron chi connectivity index (χ0n) is 14.6. The minimum atomic E-state index is 0.0559. The van der Waals surface area contributed by atoms with E-state index < -0.39 is 0 Å². The highest BCUT2D eigenvalue weighted by Gasteiger charge is 2.36. The predicted molar refractivity (Wildman–Crippen MR) is 93.0 cm³/mol. The van der Waals surface area contributed by atoms with Gasteiger partial charge >= 0.3 is 0 Å². The first-order valence-electron chi connectivity index (χ1n) is 8.55. The Labute approximate surface area is 143 Å². The molecule has 1 aromatic heterocycles. The van der Waals surface area contributed by atoms with Crippen molar-refractivity contribution in [2.24, 2.45) is 5.92 Å². The molecule has 1 amide bonds. The molecule has 128 valence electrons. The van der Waals surface area contributed by atoms with Crippen molar-refractivity contribution in [3.63, 3.8) is 0 Å². The summed E-state index contributed by atoms with van der Waals surface area (Å²) in [6.07, 6.45) is 1.57. The third-order valence-corrected chi connectivity index (χ3v) is 4.55. The Morgan fingerprint density at radius 1 is 1.33 bits per heavy atom. The molecule has 4 nitrogen and oxygen atoms in total. The number of hydrogen-bond donors (Lipinski definition) is 0. The lowest BCUT2D eigenvalue weighted by atomic mass is 10.2. The summed E-state index contributed by atoms with van der Waals surface area (Å²) >= 11 is 0. The van der Waals surface area contributed by atoms with Crippen molar-refractivity contribution in [1.29, 1.82) is 0 Å². The lowest BCUT2D eigenvalue weighted by molar-refractivity contribution is -0.131. The summed E-state index contributed by atoms with van der Waals surface area (Å²) in [4.78, 5) is 13.9. The van der Waals surface area contributed by atoms with Gasteiger partial charge in [-0.1, -0.05) is 19.1 Å². The normalized spacial score (nSPS) is 19.1. The second-order valence-corrected chi connectivity index (χ2v) is 6.79.